The molecule has 150 valence electrons. The van der Waals surface area contributed by atoms with E-state index in [1.165, 1.54) is 12.2 Å². The van der Waals surface area contributed by atoms with Gasteiger partial charge in [-0.25, -0.2) is 0 Å². The predicted molar refractivity (Wildman–Crippen MR) is 119 cm³/mol. The third-order valence-electron chi connectivity index (χ3n) is 4.54. The molecule has 0 atom stereocenters. The van der Waals surface area contributed by atoms with Crippen molar-refractivity contribution in [2.45, 2.75) is 0 Å². The summed E-state index contributed by atoms with van der Waals surface area (Å²) in [5.74, 6) is 1.01. The van der Waals surface area contributed by atoms with Gasteiger partial charge in [0.1, 0.15) is 11.5 Å². The van der Waals surface area contributed by atoms with E-state index >= 15 is 0 Å². The van der Waals surface area contributed by atoms with Gasteiger partial charge < -0.3 is 9.47 Å². The number of hydrogen-bond acceptors (Lipinski definition) is 4. The van der Waals surface area contributed by atoms with E-state index in [0.717, 1.165) is 11.3 Å². The quantitative estimate of drug-likeness (QED) is 0.372. The first-order chi connectivity index (χ1) is 14.6. The van der Waals surface area contributed by atoms with Crippen LogP contribution in [0, 0.1) is 0 Å². The minimum atomic E-state index is -0.184. The third-order valence-corrected chi connectivity index (χ3v) is 4.54. The normalized spacial score (nSPS) is 11.0. The van der Waals surface area contributed by atoms with Crippen LogP contribution in [0.1, 0.15) is 31.8 Å². The van der Waals surface area contributed by atoms with E-state index in [1.807, 2.05) is 42.5 Å². The first-order valence-corrected chi connectivity index (χ1v) is 9.42. The van der Waals surface area contributed by atoms with E-state index in [9.17, 15) is 9.59 Å². The van der Waals surface area contributed by atoms with Crippen LogP contribution in [0.5, 0.6) is 11.5 Å². The van der Waals surface area contributed by atoms with Gasteiger partial charge in [0, 0.05) is 11.1 Å². The van der Waals surface area contributed by atoms with Crippen molar-refractivity contribution in [2.75, 3.05) is 14.2 Å². The molecule has 0 saturated heterocycles. The second-order valence-electron chi connectivity index (χ2n) is 6.49. The first kappa shape index (κ1) is 20.8. The number of rotatable bonds is 8. The summed E-state index contributed by atoms with van der Waals surface area (Å²) in [4.78, 5) is 25.2. The molecule has 3 aromatic carbocycles. The highest BCUT2D eigenvalue weighted by atomic mass is 16.5. The molecule has 0 aliphatic rings. The van der Waals surface area contributed by atoms with Crippen LogP contribution in [0.25, 0.3) is 12.2 Å². The molecule has 0 amide bonds. The smallest absolute Gasteiger partial charge is 0.186 e. The summed E-state index contributed by atoms with van der Waals surface area (Å²) in [6.07, 6.45) is 6.38. The lowest BCUT2D eigenvalue weighted by Crippen LogP contribution is -2.00. The van der Waals surface area contributed by atoms with Crippen molar-refractivity contribution in [1.29, 1.82) is 0 Å². The molecule has 0 N–H and O–H groups in total. The Morgan fingerprint density at radius 2 is 1.33 bits per heavy atom. The number of benzene rings is 3. The minimum absolute atomic E-state index is 0.126. The van der Waals surface area contributed by atoms with Gasteiger partial charge in [0.15, 0.2) is 11.6 Å². The van der Waals surface area contributed by atoms with E-state index in [-0.39, 0.29) is 11.6 Å². The summed E-state index contributed by atoms with van der Waals surface area (Å²) in [7, 11) is 3.15. The van der Waals surface area contributed by atoms with Crippen LogP contribution in [0.3, 0.4) is 0 Å². The fraction of sp³-hybridized carbons (Fsp3) is 0.0769. The maximum Gasteiger partial charge on any atom is 0.186 e. The monoisotopic (exact) mass is 398 g/mol. The summed E-state index contributed by atoms with van der Waals surface area (Å²) in [5, 5.41) is 0. The Bertz CT molecular complexity index is 1080. The van der Waals surface area contributed by atoms with Crippen LogP contribution >= 0.6 is 0 Å². The first-order valence-electron chi connectivity index (χ1n) is 9.42. The number of carbonyl (C=O) groups excluding carboxylic acids is 2. The summed E-state index contributed by atoms with van der Waals surface area (Å²) in [6, 6.07) is 21.6. The molecule has 0 unspecified atom stereocenters. The lowest BCUT2D eigenvalue weighted by Gasteiger charge is -2.06. The SMILES string of the molecule is COc1ccc(C=CC(=O)c2cc(OC)ccc2C=CC(=O)c2ccccc2)cc1. The molecule has 0 aliphatic heterocycles. The van der Waals surface area contributed by atoms with Crippen LogP contribution in [-0.2, 0) is 0 Å². The van der Waals surface area contributed by atoms with E-state index in [2.05, 4.69) is 0 Å². The Labute approximate surface area is 176 Å². The molecule has 0 radical (unpaired) electrons. The molecule has 0 bridgehead atoms. The Hall–Kier alpha value is -3.92. The minimum Gasteiger partial charge on any atom is -0.497 e. The third kappa shape index (κ3) is 5.32. The molecule has 3 rings (SSSR count). The van der Waals surface area contributed by atoms with Gasteiger partial charge in [-0.05, 0) is 47.5 Å². The Kier molecular flexibility index (Phi) is 6.95. The van der Waals surface area contributed by atoms with Gasteiger partial charge in [-0.2, -0.15) is 0 Å². The van der Waals surface area contributed by atoms with Gasteiger partial charge in [-0.15, -0.1) is 0 Å². The van der Waals surface area contributed by atoms with E-state index in [0.29, 0.717) is 22.4 Å². The zero-order chi connectivity index (χ0) is 21.3. The highest BCUT2D eigenvalue weighted by molar-refractivity contribution is 6.11. The van der Waals surface area contributed by atoms with Crippen molar-refractivity contribution in [3.05, 3.63) is 107 Å². The molecule has 3 aromatic rings. The van der Waals surface area contributed by atoms with E-state index in [4.69, 9.17) is 9.47 Å². The summed E-state index contributed by atoms with van der Waals surface area (Å²) < 4.78 is 10.4. The molecule has 4 heteroatoms. The van der Waals surface area contributed by atoms with Gasteiger partial charge in [0.25, 0.3) is 0 Å². The fourth-order valence-corrected chi connectivity index (χ4v) is 2.86. The van der Waals surface area contributed by atoms with Crippen LogP contribution in [0.2, 0.25) is 0 Å². The topological polar surface area (TPSA) is 52.6 Å². The maximum absolute atomic E-state index is 12.9. The number of hydrogen-bond donors (Lipinski definition) is 0. The van der Waals surface area contributed by atoms with E-state index in [1.54, 1.807) is 56.7 Å². The lowest BCUT2D eigenvalue weighted by atomic mass is 10.0. The molecule has 0 spiro atoms. The van der Waals surface area contributed by atoms with Gasteiger partial charge >= 0.3 is 0 Å². The fourth-order valence-electron chi connectivity index (χ4n) is 2.86. The number of methoxy groups -OCH3 is 2. The molecule has 0 fully saturated rings. The van der Waals surface area contributed by atoms with Crippen LogP contribution in [0.4, 0.5) is 0 Å². The van der Waals surface area contributed by atoms with Crippen molar-refractivity contribution < 1.29 is 19.1 Å². The molecule has 4 nitrogen and oxygen atoms in total. The average Bonchev–Trinajstić information content (AvgIpc) is 2.81. The second-order valence-corrected chi connectivity index (χ2v) is 6.49. The Balaban J connectivity index is 1.85. The lowest BCUT2D eigenvalue weighted by molar-refractivity contribution is 0.103. The predicted octanol–water partition coefficient (Wildman–Crippen LogP) is 5.50. The van der Waals surface area contributed by atoms with Crippen LogP contribution in [-0.4, -0.2) is 25.8 Å². The van der Waals surface area contributed by atoms with Crippen molar-refractivity contribution in [1.82, 2.24) is 0 Å². The van der Waals surface area contributed by atoms with Crippen LogP contribution < -0.4 is 9.47 Å². The standard InChI is InChI=1S/C26H22O4/c1-29-22-13-8-19(9-14-22)10-16-26(28)24-18-23(30-2)15-11-20(24)12-17-25(27)21-6-4-3-5-7-21/h3-18H,1-2H3. The molecular formula is C26H22O4. The summed E-state index contributed by atoms with van der Waals surface area (Å²) >= 11 is 0. The van der Waals surface area contributed by atoms with Gasteiger partial charge in [0.2, 0.25) is 0 Å². The summed E-state index contributed by atoms with van der Waals surface area (Å²) in [6.45, 7) is 0. The van der Waals surface area contributed by atoms with Gasteiger partial charge in [-0.1, -0.05) is 60.7 Å². The molecule has 0 aliphatic carbocycles. The van der Waals surface area contributed by atoms with Crippen molar-refractivity contribution in [2.24, 2.45) is 0 Å². The number of ether oxygens (including phenoxy) is 2. The highest BCUT2D eigenvalue weighted by Crippen LogP contribution is 2.21. The van der Waals surface area contributed by atoms with Gasteiger partial charge in [-0.3, -0.25) is 9.59 Å². The average molecular weight is 398 g/mol. The van der Waals surface area contributed by atoms with Crippen molar-refractivity contribution in [3.63, 3.8) is 0 Å². The van der Waals surface area contributed by atoms with Crippen molar-refractivity contribution in [3.8, 4) is 11.5 Å². The molecule has 0 heterocycles. The Morgan fingerprint density at radius 1 is 0.700 bits per heavy atom. The largest absolute Gasteiger partial charge is 0.497 e. The number of carbonyl (C=O) groups is 2. The molecule has 0 saturated carbocycles. The Morgan fingerprint density at radius 3 is 2.00 bits per heavy atom. The zero-order valence-electron chi connectivity index (χ0n) is 16.9. The second kappa shape index (κ2) is 10.0. The van der Waals surface area contributed by atoms with Crippen molar-refractivity contribution >= 4 is 23.7 Å². The zero-order valence-corrected chi connectivity index (χ0v) is 16.9. The van der Waals surface area contributed by atoms with E-state index < -0.39 is 0 Å². The molecular weight excluding hydrogens is 376 g/mol. The number of allylic oxidation sites excluding steroid dienone is 2. The highest BCUT2D eigenvalue weighted by Gasteiger charge is 2.10. The number of ketones is 2. The summed E-state index contributed by atoms with van der Waals surface area (Å²) in [5.41, 5.74) is 2.57. The molecule has 30 heavy (non-hydrogen) atoms. The van der Waals surface area contributed by atoms with Crippen LogP contribution in [0.15, 0.2) is 84.9 Å². The van der Waals surface area contributed by atoms with Gasteiger partial charge in [0.05, 0.1) is 14.2 Å². The maximum atomic E-state index is 12.9. The molecule has 0 aromatic heterocycles.